The minimum atomic E-state index is -4.39. The molecule has 9 heteroatoms. The van der Waals surface area contributed by atoms with E-state index in [1.54, 1.807) is 37.7 Å². The Labute approximate surface area is 228 Å². The lowest BCUT2D eigenvalue weighted by Gasteiger charge is -2.23. The van der Waals surface area contributed by atoms with Gasteiger partial charge in [-0.1, -0.05) is 44.5 Å². The van der Waals surface area contributed by atoms with Crippen molar-refractivity contribution < 1.29 is 18.3 Å². The van der Waals surface area contributed by atoms with E-state index in [9.17, 15) is 18.3 Å². The molecule has 0 saturated carbocycles. The fourth-order valence-electron chi connectivity index (χ4n) is 4.76. The monoisotopic (exact) mass is 547 g/mol. The SMILES string of the molecule is CCCCc1nc(O)c(S(=O)(=O)c2ccc(-c3ccncc3C)cc2)c(=O)n1C(CC)c1cccc(OC)c1. The van der Waals surface area contributed by atoms with Gasteiger partial charge in [0.1, 0.15) is 11.6 Å². The van der Waals surface area contributed by atoms with Crippen molar-refractivity contribution in [2.75, 3.05) is 7.11 Å². The molecule has 0 radical (unpaired) electrons. The van der Waals surface area contributed by atoms with E-state index in [1.165, 1.54) is 16.7 Å². The van der Waals surface area contributed by atoms with Crippen LogP contribution in [0.3, 0.4) is 0 Å². The van der Waals surface area contributed by atoms with Crippen LogP contribution in [0.25, 0.3) is 11.1 Å². The Morgan fingerprint density at radius 2 is 1.82 bits per heavy atom. The third-order valence-corrected chi connectivity index (χ3v) is 8.61. The fraction of sp³-hybridized carbons (Fsp3) is 0.300. The molecule has 39 heavy (non-hydrogen) atoms. The molecule has 204 valence electrons. The molecule has 0 spiro atoms. The van der Waals surface area contributed by atoms with Crippen LogP contribution in [0.15, 0.2) is 81.6 Å². The molecule has 4 rings (SSSR count). The summed E-state index contributed by atoms with van der Waals surface area (Å²) in [5.41, 5.74) is 2.67. The molecule has 2 aromatic heterocycles. The highest BCUT2D eigenvalue weighted by Crippen LogP contribution is 2.31. The normalized spacial score (nSPS) is 12.3. The molecule has 4 aromatic rings. The number of hydrogen-bond acceptors (Lipinski definition) is 7. The molecule has 1 unspecified atom stereocenters. The van der Waals surface area contributed by atoms with Crippen LogP contribution in [0.4, 0.5) is 0 Å². The van der Waals surface area contributed by atoms with Crippen molar-refractivity contribution >= 4 is 9.84 Å². The molecule has 0 fully saturated rings. The number of methoxy groups -OCH3 is 1. The second-order valence-electron chi connectivity index (χ2n) is 9.38. The van der Waals surface area contributed by atoms with Crippen LogP contribution >= 0.6 is 0 Å². The Balaban J connectivity index is 1.87. The molecule has 0 amide bonds. The third kappa shape index (κ3) is 5.59. The summed E-state index contributed by atoms with van der Waals surface area (Å²) in [6.45, 7) is 5.85. The smallest absolute Gasteiger partial charge is 0.277 e. The predicted octanol–water partition coefficient (Wildman–Crippen LogP) is 5.50. The van der Waals surface area contributed by atoms with Gasteiger partial charge in [-0.05, 0) is 72.4 Å². The Bertz CT molecular complexity index is 1630. The number of unbranched alkanes of at least 4 members (excludes halogenated alkanes) is 1. The van der Waals surface area contributed by atoms with Gasteiger partial charge in [-0.15, -0.1) is 0 Å². The summed E-state index contributed by atoms with van der Waals surface area (Å²) >= 11 is 0. The summed E-state index contributed by atoms with van der Waals surface area (Å²) in [6, 6.07) is 14.9. The van der Waals surface area contributed by atoms with Gasteiger partial charge in [0.05, 0.1) is 18.0 Å². The van der Waals surface area contributed by atoms with Gasteiger partial charge in [-0.25, -0.2) is 8.42 Å². The summed E-state index contributed by atoms with van der Waals surface area (Å²) in [4.78, 5) is 21.5. The van der Waals surface area contributed by atoms with Crippen LogP contribution in [0.1, 0.15) is 56.1 Å². The van der Waals surface area contributed by atoms with Gasteiger partial charge >= 0.3 is 0 Å². The Morgan fingerprint density at radius 1 is 1.08 bits per heavy atom. The van der Waals surface area contributed by atoms with Crippen molar-refractivity contribution in [2.45, 2.75) is 62.3 Å². The van der Waals surface area contributed by atoms with Crippen LogP contribution < -0.4 is 10.3 Å². The number of benzene rings is 2. The Morgan fingerprint density at radius 3 is 2.46 bits per heavy atom. The fourth-order valence-corrected chi connectivity index (χ4v) is 6.11. The molecule has 0 saturated heterocycles. The maximum Gasteiger partial charge on any atom is 0.277 e. The van der Waals surface area contributed by atoms with Gasteiger partial charge in [0.2, 0.25) is 15.7 Å². The van der Waals surface area contributed by atoms with Crippen molar-refractivity contribution in [3.05, 3.63) is 94.3 Å². The molecule has 0 aliphatic heterocycles. The zero-order chi connectivity index (χ0) is 28.2. The standard InChI is InChI=1S/C30H33N3O5S/c1-5-7-11-27-32-29(34)28(30(35)33(27)26(6-2)22-9-8-10-23(18-22)38-4)39(36,37)24-14-12-21(13-15-24)25-16-17-31-19-20(25)3/h8-10,12-19,26,34H,5-7,11H2,1-4H3. The average Bonchev–Trinajstić information content (AvgIpc) is 2.94. The first-order chi connectivity index (χ1) is 18.7. The first-order valence-corrected chi connectivity index (χ1v) is 14.5. The molecular weight excluding hydrogens is 514 g/mol. The largest absolute Gasteiger partial charge is 0.497 e. The molecule has 0 aliphatic carbocycles. The minimum absolute atomic E-state index is 0.102. The Hall–Kier alpha value is -3.98. The highest BCUT2D eigenvalue weighted by atomic mass is 32.2. The number of sulfone groups is 1. The van der Waals surface area contributed by atoms with Gasteiger partial charge < -0.3 is 9.84 Å². The molecule has 0 aliphatic rings. The molecule has 0 bridgehead atoms. The summed E-state index contributed by atoms with van der Waals surface area (Å²) in [6.07, 6.45) is 5.89. The first kappa shape index (κ1) is 28.0. The molecule has 2 heterocycles. The van der Waals surface area contributed by atoms with Crippen molar-refractivity contribution in [1.82, 2.24) is 14.5 Å². The van der Waals surface area contributed by atoms with E-state index < -0.39 is 32.2 Å². The predicted molar refractivity (Wildman–Crippen MR) is 150 cm³/mol. The molecular formula is C30H33N3O5S. The number of aromatic nitrogens is 3. The van der Waals surface area contributed by atoms with Crippen LogP contribution in [-0.4, -0.2) is 35.2 Å². The third-order valence-electron chi connectivity index (χ3n) is 6.82. The number of hydrogen-bond donors (Lipinski definition) is 1. The number of ether oxygens (including phenoxy) is 1. The van der Waals surface area contributed by atoms with E-state index in [1.807, 2.05) is 45.0 Å². The van der Waals surface area contributed by atoms with Gasteiger partial charge in [0, 0.05) is 18.8 Å². The second-order valence-corrected chi connectivity index (χ2v) is 11.3. The highest BCUT2D eigenvalue weighted by Gasteiger charge is 2.31. The zero-order valence-electron chi connectivity index (χ0n) is 22.6. The van der Waals surface area contributed by atoms with E-state index in [-0.39, 0.29) is 4.90 Å². The Kier molecular flexibility index (Phi) is 8.50. The molecule has 1 atom stereocenters. The van der Waals surface area contributed by atoms with E-state index >= 15 is 0 Å². The van der Waals surface area contributed by atoms with Crippen molar-refractivity contribution in [2.24, 2.45) is 0 Å². The topological polar surface area (TPSA) is 111 Å². The summed E-state index contributed by atoms with van der Waals surface area (Å²) in [5, 5.41) is 10.8. The van der Waals surface area contributed by atoms with Gasteiger partial charge in [-0.3, -0.25) is 14.3 Å². The lowest BCUT2D eigenvalue weighted by Crippen LogP contribution is -2.33. The number of rotatable bonds is 10. The van der Waals surface area contributed by atoms with Gasteiger partial charge in [0.15, 0.2) is 4.90 Å². The van der Waals surface area contributed by atoms with Crippen LogP contribution in [0.5, 0.6) is 11.6 Å². The van der Waals surface area contributed by atoms with E-state index in [0.29, 0.717) is 24.4 Å². The second kappa shape index (κ2) is 11.8. The first-order valence-electron chi connectivity index (χ1n) is 13.0. The van der Waals surface area contributed by atoms with Crippen LogP contribution in [0.2, 0.25) is 0 Å². The number of nitrogens with zero attached hydrogens (tertiary/aromatic N) is 3. The van der Waals surface area contributed by atoms with E-state index in [2.05, 4.69) is 9.97 Å². The molecule has 8 nitrogen and oxygen atoms in total. The van der Waals surface area contributed by atoms with Crippen molar-refractivity contribution in [3.8, 4) is 22.8 Å². The number of aromatic hydroxyl groups is 1. The summed E-state index contributed by atoms with van der Waals surface area (Å²) < 4.78 is 34.3. The minimum Gasteiger partial charge on any atom is -0.497 e. The van der Waals surface area contributed by atoms with E-state index in [4.69, 9.17) is 4.74 Å². The highest BCUT2D eigenvalue weighted by molar-refractivity contribution is 7.91. The van der Waals surface area contributed by atoms with Crippen molar-refractivity contribution in [1.29, 1.82) is 0 Å². The number of aryl methyl sites for hydroxylation is 2. The van der Waals surface area contributed by atoms with Crippen molar-refractivity contribution in [3.63, 3.8) is 0 Å². The summed E-state index contributed by atoms with van der Waals surface area (Å²) in [5.74, 6) is 0.187. The van der Waals surface area contributed by atoms with Crippen LogP contribution in [-0.2, 0) is 16.3 Å². The molecule has 1 N–H and O–H groups in total. The quantitative estimate of drug-likeness (QED) is 0.279. The summed E-state index contributed by atoms with van der Waals surface area (Å²) in [7, 11) is -2.83. The van der Waals surface area contributed by atoms with Crippen LogP contribution in [0, 0.1) is 6.92 Å². The lowest BCUT2D eigenvalue weighted by atomic mass is 10.0. The molecule has 2 aromatic carbocycles. The van der Waals surface area contributed by atoms with E-state index in [0.717, 1.165) is 35.1 Å². The average molecular weight is 548 g/mol. The lowest BCUT2D eigenvalue weighted by molar-refractivity contribution is 0.402. The van der Waals surface area contributed by atoms with Gasteiger partial charge in [0.25, 0.3) is 5.56 Å². The zero-order valence-corrected chi connectivity index (χ0v) is 23.4. The number of pyridine rings is 1. The van der Waals surface area contributed by atoms with Gasteiger partial charge in [-0.2, -0.15) is 4.98 Å². The maximum absolute atomic E-state index is 14.0. The maximum atomic E-state index is 14.0.